The second-order valence-electron chi connectivity index (χ2n) is 5.04. The Hall–Kier alpha value is -0.610. The van der Waals surface area contributed by atoms with Crippen molar-refractivity contribution in [2.75, 3.05) is 19.6 Å². The molecule has 0 amide bonds. The molecule has 0 rings (SSSR count). The lowest BCUT2D eigenvalue weighted by Gasteiger charge is -2.31. The van der Waals surface area contributed by atoms with Gasteiger partial charge in [0, 0.05) is 12.6 Å². The monoisotopic (exact) mass is 244 g/mol. The molecule has 0 aromatic rings. The van der Waals surface area contributed by atoms with E-state index in [0.29, 0.717) is 12.5 Å². The molecule has 0 aliphatic carbocycles. The minimum Gasteiger partial charge on any atom is -0.480 e. The molecule has 4 heteroatoms. The summed E-state index contributed by atoms with van der Waals surface area (Å²) in [6.07, 6.45) is 1.58. The topological polar surface area (TPSA) is 52.6 Å². The summed E-state index contributed by atoms with van der Waals surface area (Å²) in [5.74, 6) is -0.759. The van der Waals surface area contributed by atoms with Gasteiger partial charge in [-0.1, -0.05) is 13.8 Å². The molecule has 4 nitrogen and oxygen atoms in total. The molecular weight excluding hydrogens is 216 g/mol. The summed E-state index contributed by atoms with van der Waals surface area (Å²) in [4.78, 5) is 13.6. The molecular formula is C13H28N2O2. The van der Waals surface area contributed by atoms with Crippen molar-refractivity contribution in [1.82, 2.24) is 10.2 Å². The highest BCUT2D eigenvalue weighted by Gasteiger charge is 2.32. The standard InChI is InChI=1S/C13H28N2O2/c1-6-9-14-13(5,12(16)17)8-10-15(7-2)11(3)4/h11,14H,6-10H2,1-5H3,(H,16,17). The molecule has 0 bridgehead atoms. The maximum Gasteiger partial charge on any atom is 0.323 e. The molecule has 17 heavy (non-hydrogen) atoms. The van der Waals surface area contributed by atoms with Gasteiger partial charge in [-0.25, -0.2) is 0 Å². The van der Waals surface area contributed by atoms with Gasteiger partial charge in [0.05, 0.1) is 0 Å². The fraction of sp³-hybridized carbons (Fsp3) is 0.923. The van der Waals surface area contributed by atoms with E-state index in [1.807, 2.05) is 6.92 Å². The van der Waals surface area contributed by atoms with E-state index >= 15 is 0 Å². The molecule has 2 N–H and O–H groups in total. The van der Waals surface area contributed by atoms with Crippen LogP contribution in [0.3, 0.4) is 0 Å². The van der Waals surface area contributed by atoms with Gasteiger partial charge in [-0.3, -0.25) is 4.79 Å². The summed E-state index contributed by atoms with van der Waals surface area (Å²) >= 11 is 0. The van der Waals surface area contributed by atoms with Crippen LogP contribution in [-0.4, -0.2) is 47.2 Å². The predicted octanol–water partition coefficient (Wildman–Crippen LogP) is 1.95. The van der Waals surface area contributed by atoms with Crippen LogP contribution >= 0.6 is 0 Å². The van der Waals surface area contributed by atoms with Crippen molar-refractivity contribution >= 4 is 5.97 Å². The first-order chi connectivity index (χ1) is 7.87. The van der Waals surface area contributed by atoms with Crippen LogP contribution in [0.1, 0.15) is 47.5 Å². The Labute approximate surface area is 105 Å². The lowest BCUT2D eigenvalue weighted by Crippen LogP contribution is -2.52. The maximum absolute atomic E-state index is 11.3. The molecule has 0 radical (unpaired) electrons. The van der Waals surface area contributed by atoms with E-state index in [9.17, 15) is 9.90 Å². The van der Waals surface area contributed by atoms with Gasteiger partial charge in [0.1, 0.15) is 5.54 Å². The van der Waals surface area contributed by atoms with E-state index in [1.54, 1.807) is 6.92 Å². The third-order valence-corrected chi connectivity index (χ3v) is 3.27. The summed E-state index contributed by atoms with van der Waals surface area (Å²) in [7, 11) is 0. The summed E-state index contributed by atoms with van der Waals surface area (Å²) in [6, 6.07) is 0.462. The molecule has 0 aromatic heterocycles. The van der Waals surface area contributed by atoms with Crippen molar-refractivity contribution < 1.29 is 9.90 Å². The van der Waals surface area contributed by atoms with Gasteiger partial charge in [0.25, 0.3) is 0 Å². The van der Waals surface area contributed by atoms with Crippen LogP contribution < -0.4 is 5.32 Å². The Morgan fingerprint density at radius 1 is 1.41 bits per heavy atom. The number of carboxylic acid groups (broad SMARTS) is 1. The number of hydrogen-bond acceptors (Lipinski definition) is 3. The van der Waals surface area contributed by atoms with Crippen LogP contribution in [0.25, 0.3) is 0 Å². The van der Waals surface area contributed by atoms with E-state index in [1.165, 1.54) is 0 Å². The molecule has 0 aromatic carbocycles. The fourth-order valence-electron chi connectivity index (χ4n) is 1.82. The smallest absolute Gasteiger partial charge is 0.323 e. The molecule has 1 unspecified atom stereocenters. The molecule has 102 valence electrons. The quantitative estimate of drug-likeness (QED) is 0.651. The van der Waals surface area contributed by atoms with Gasteiger partial charge in [-0.2, -0.15) is 0 Å². The summed E-state index contributed by atoms with van der Waals surface area (Å²) in [5, 5.41) is 12.4. The minimum absolute atomic E-state index is 0.462. The second-order valence-corrected chi connectivity index (χ2v) is 5.04. The molecule has 0 aliphatic rings. The van der Waals surface area contributed by atoms with E-state index in [2.05, 4.69) is 31.0 Å². The molecule has 0 spiro atoms. The van der Waals surface area contributed by atoms with Crippen LogP contribution in [-0.2, 0) is 4.79 Å². The largest absolute Gasteiger partial charge is 0.480 e. The number of carboxylic acids is 1. The Balaban J connectivity index is 4.39. The van der Waals surface area contributed by atoms with Crippen molar-refractivity contribution in [3.05, 3.63) is 0 Å². The Kier molecular flexibility index (Phi) is 7.39. The SMILES string of the molecule is CCCNC(C)(CCN(CC)C(C)C)C(=O)O. The van der Waals surface area contributed by atoms with E-state index in [0.717, 1.165) is 26.1 Å². The molecule has 0 fully saturated rings. The van der Waals surface area contributed by atoms with Gasteiger partial charge < -0.3 is 15.3 Å². The summed E-state index contributed by atoms with van der Waals surface area (Å²) in [5.41, 5.74) is -0.807. The summed E-state index contributed by atoms with van der Waals surface area (Å²) in [6.45, 7) is 12.7. The first kappa shape index (κ1) is 16.4. The first-order valence-corrected chi connectivity index (χ1v) is 6.59. The van der Waals surface area contributed by atoms with Crippen molar-refractivity contribution in [2.45, 2.75) is 59.0 Å². The van der Waals surface area contributed by atoms with Gasteiger partial charge >= 0.3 is 5.97 Å². The molecule has 0 saturated heterocycles. The Morgan fingerprint density at radius 3 is 2.35 bits per heavy atom. The number of hydrogen-bond donors (Lipinski definition) is 2. The number of aliphatic carboxylic acids is 1. The average molecular weight is 244 g/mol. The van der Waals surface area contributed by atoms with E-state index < -0.39 is 11.5 Å². The van der Waals surface area contributed by atoms with Crippen LogP contribution in [0, 0.1) is 0 Å². The molecule has 0 saturated carbocycles. The highest BCUT2D eigenvalue weighted by atomic mass is 16.4. The number of rotatable bonds is 9. The third kappa shape index (κ3) is 5.50. The van der Waals surface area contributed by atoms with Crippen molar-refractivity contribution in [2.24, 2.45) is 0 Å². The Morgan fingerprint density at radius 2 is 2.00 bits per heavy atom. The highest BCUT2D eigenvalue weighted by molar-refractivity contribution is 5.78. The molecule has 0 aliphatic heterocycles. The predicted molar refractivity (Wildman–Crippen MR) is 71.3 cm³/mol. The zero-order chi connectivity index (χ0) is 13.5. The van der Waals surface area contributed by atoms with E-state index in [-0.39, 0.29) is 0 Å². The number of nitrogens with zero attached hydrogens (tertiary/aromatic N) is 1. The number of nitrogens with one attached hydrogen (secondary N) is 1. The summed E-state index contributed by atoms with van der Waals surface area (Å²) < 4.78 is 0. The average Bonchev–Trinajstić information content (AvgIpc) is 2.26. The van der Waals surface area contributed by atoms with Gasteiger partial charge in [0.15, 0.2) is 0 Å². The molecule has 1 atom stereocenters. The zero-order valence-electron chi connectivity index (χ0n) is 11.9. The van der Waals surface area contributed by atoms with Gasteiger partial charge in [0.2, 0.25) is 0 Å². The van der Waals surface area contributed by atoms with Crippen LogP contribution in [0.4, 0.5) is 0 Å². The minimum atomic E-state index is -0.807. The lowest BCUT2D eigenvalue weighted by atomic mass is 9.97. The number of carbonyl (C=O) groups is 1. The van der Waals surface area contributed by atoms with Crippen molar-refractivity contribution in [3.63, 3.8) is 0 Å². The fourth-order valence-corrected chi connectivity index (χ4v) is 1.82. The van der Waals surface area contributed by atoms with Crippen LogP contribution in [0.15, 0.2) is 0 Å². The third-order valence-electron chi connectivity index (χ3n) is 3.27. The van der Waals surface area contributed by atoms with E-state index in [4.69, 9.17) is 0 Å². The first-order valence-electron chi connectivity index (χ1n) is 6.59. The second kappa shape index (κ2) is 7.67. The van der Waals surface area contributed by atoms with Crippen molar-refractivity contribution in [1.29, 1.82) is 0 Å². The van der Waals surface area contributed by atoms with Crippen LogP contribution in [0.5, 0.6) is 0 Å². The van der Waals surface area contributed by atoms with Gasteiger partial charge in [-0.05, 0) is 46.7 Å². The van der Waals surface area contributed by atoms with Crippen LogP contribution in [0.2, 0.25) is 0 Å². The van der Waals surface area contributed by atoms with Gasteiger partial charge in [-0.15, -0.1) is 0 Å². The normalized spacial score (nSPS) is 15.2. The van der Waals surface area contributed by atoms with Crippen molar-refractivity contribution in [3.8, 4) is 0 Å². The highest BCUT2D eigenvalue weighted by Crippen LogP contribution is 2.12. The molecule has 0 heterocycles. The Bertz CT molecular complexity index is 231. The zero-order valence-corrected chi connectivity index (χ0v) is 11.9. The lowest BCUT2D eigenvalue weighted by molar-refractivity contribution is -0.144. The maximum atomic E-state index is 11.3.